The van der Waals surface area contributed by atoms with Crippen molar-refractivity contribution in [3.8, 4) is 0 Å². The van der Waals surface area contributed by atoms with Gasteiger partial charge in [-0.3, -0.25) is 9.78 Å². The lowest BCUT2D eigenvalue weighted by molar-refractivity contribution is 0.102. The van der Waals surface area contributed by atoms with Crippen molar-refractivity contribution < 1.29 is 18.0 Å². The Bertz CT molecular complexity index is 908. The summed E-state index contributed by atoms with van der Waals surface area (Å²) in [6, 6.07) is 6.59. The van der Waals surface area contributed by atoms with Crippen molar-refractivity contribution >= 4 is 28.5 Å². The van der Waals surface area contributed by atoms with Gasteiger partial charge < -0.3 is 11.1 Å². The molecule has 0 aliphatic carbocycles. The standard InChI is InChI=1S/C18H18F3N5OS/c1-9-14(19)18(2,26-17(22)28-9)10-4-3-5-11(6-10)25-16(27)13-8-23-12(7-24-13)15(20)21/h3-9,14-15H,1-2H3,(H2,22,26)(H,25,27)/t9-,14+,18-/m1/s1. The number of benzene rings is 1. The van der Waals surface area contributed by atoms with Gasteiger partial charge in [-0.15, -0.1) is 0 Å². The summed E-state index contributed by atoms with van der Waals surface area (Å²) in [4.78, 5) is 23.8. The molecule has 0 bridgehead atoms. The molecule has 3 N–H and O–H groups in total. The first-order valence-corrected chi connectivity index (χ1v) is 9.26. The van der Waals surface area contributed by atoms with Gasteiger partial charge in [0.05, 0.1) is 12.4 Å². The zero-order valence-corrected chi connectivity index (χ0v) is 15.9. The van der Waals surface area contributed by atoms with Gasteiger partial charge in [0.25, 0.3) is 12.3 Å². The van der Waals surface area contributed by atoms with E-state index < -0.39 is 29.7 Å². The van der Waals surface area contributed by atoms with Crippen molar-refractivity contribution in [3.05, 3.63) is 53.6 Å². The second kappa shape index (κ2) is 7.78. The van der Waals surface area contributed by atoms with Gasteiger partial charge in [-0.05, 0) is 31.5 Å². The van der Waals surface area contributed by atoms with Gasteiger partial charge in [0.1, 0.15) is 23.1 Å². The summed E-state index contributed by atoms with van der Waals surface area (Å²) in [6.07, 6.45) is -2.21. The van der Waals surface area contributed by atoms with E-state index in [0.717, 1.165) is 12.4 Å². The molecule has 0 spiro atoms. The fraction of sp³-hybridized carbons (Fsp3) is 0.333. The molecule has 0 unspecified atom stereocenters. The van der Waals surface area contributed by atoms with Crippen LogP contribution in [0.3, 0.4) is 0 Å². The first-order valence-electron chi connectivity index (χ1n) is 8.38. The number of aliphatic imine (C=N–C) groups is 1. The lowest BCUT2D eigenvalue weighted by Gasteiger charge is -2.37. The lowest BCUT2D eigenvalue weighted by Crippen LogP contribution is -2.43. The number of thioether (sulfide) groups is 1. The summed E-state index contributed by atoms with van der Waals surface area (Å²) in [5.74, 6) is -0.622. The first-order chi connectivity index (χ1) is 13.2. The molecule has 0 saturated heterocycles. The van der Waals surface area contributed by atoms with E-state index in [9.17, 15) is 18.0 Å². The molecule has 3 rings (SSSR count). The fourth-order valence-electron chi connectivity index (χ4n) is 2.92. The van der Waals surface area contributed by atoms with Crippen LogP contribution in [0, 0.1) is 0 Å². The van der Waals surface area contributed by atoms with E-state index in [2.05, 4.69) is 20.3 Å². The minimum atomic E-state index is -2.76. The summed E-state index contributed by atoms with van der Waals surface area (Å²) in [5.41, 5.74) is 4.95. The Hall–Kier alpha value is -2.62. The van der Waals surface area contributed by atoms with Crippen molar-refractivity contribution in [1.29, 1.82) is 0 Å². The van der Waals surface area contributed by atoms with Crippen molar-refractivity contribution in [2.75, 3.05) is 5.32 Å². The number of amidine groups is 1. The number of carbonyl (C=O) groups excluding carboxylic acids is 1. The molecule has 1 amide bonds. The maximum Gasteiger partial charge on any atom is 0.281 e. The van der Waals surface area contributed by atoms with Crippen molar-refractivity contribution in [2.24, 2.45) is 10.7 Å². The lowest BCUT2D eigenvalue weighted by atomic mass is 9.86. The molecule has 148 valence electrons. The molecular weight excluding hydrogens is 391 g/mol. The third-order valence-electron chi connectivity index (χ3n) is 4.43. The van der Waals surface area contributed by atoms with E-state index >= 15 is 0 Å². The van der Waals surface area contributed by atoms with Crippen LogP contribution in [0.15, 0.2) is 41.7 Å². The number of halogens is 3. The quantitative estimate of drug-likeness (QED) is 0.804. The Morgan fingerprint density at radius 2 is 2.07 bits per heavy atom. The van der Waals surface area contributed by atoms with Crippen LogP contribution < -0.4 is 11.1 Å². The van der Waals surface area contributed by atoms with Crippen molar-refractivity contribution in [2.45, 2.75) is 37.2 Å². The average Bonchev–Trinajstić information content (AvgIpc) is 2.66. The molecule has 1 aliphatic rings. The van der Waals surface area contributed by atoms with Crippen molar-refractivity contribution in [1.82, 2.24) is 9.97 Å². The predicted octanol–water partition coefficient (Wildman–Crippen LogP) is 3.67. The van der Waals surface area contributed by atoms with E-state index in [0.29, 0.717) is 16.4 Å². The minimum absolute atomic E-state index is 0.116. The highest BCUT2D eigenvalue weighted by Gasteiger charge is 2.43. The van der Waals surface area contributed by atoms with Crippen LogP contribution in [0.4, 0.5) is 18.9 Å². The third kappa shape index (κ3) is 3.96. The average molecular weight is 409 g/mol. The minimum Gasteiger partial charge on any atom is -0.379 e. The van der Waals surface area contributed by atoms with Gasteiger partial charge in [-0.25, -0.2) is 23.1 Å². The predicted molar refractivity (Wildman–Crippen MR) is 102 cm³/mol. The van der Waals surface area contributed by atoms with Crippen LogP contribution in [0.2, 0.25) is 0 Å². The number of nitrogens with two attached hydrogens (primary N) is 1. The summed E-state index contributed by atoms with van der Waals surface area (Å²) < 4.78 is 40.0. The molecule has 28 heavy (non-hydrogen) atoms. The van der Waals surface area contributed by atoms with Gasteiger partial charge in [0.2, 0.25) is 0 Å². The van der Waals surface area contributed by atoms with E-state index in [1.165, 1.54) is 11.8 Å². The number of aromatic nitrogens is 2. The second-order valence-corrected chi connectivity index (χ2v) is 7.88. The number of rotatable bonds is 4. The molecule has 3 atom stereocenters. The number of hydrogen-bond donors (Lipinski definition) is 2. The number of carbonyl (C=O) groups is 1. The summed E-state index contributed by atoms with van der Waals surface area (Å²) >= 11 is 1.18. The number of hydrogen-bond acceptors (Lipinski definition) is 6. The van der Waals surface area contributed by atoms with Gasteiger partial charge >= 0.3 is 0 Å². The molecule has 10 heteroatoms. The number of nitrogens with zero attached hydrogens (tertiary/aromatic N) is 3. The first kappa shape index (κ1) is 20.1. The molecule has 1 aromatic heterocycles. The Labute approximate surface area is 163 Å². The molecule has 6 nitrogen and oxygen atoms in total. The number of amides is 1. The van der Waals surface area contributed by atoms with Gasteiger partial charge in [0, 0.05) is 10.9 Å². The topological polar surface area (TPSA) is 93.3 Å². The largest absolute Gasteiger partial charge is 0.379 e. The molecule has 1 aromatic carbocycles. The number of alkyl halides is 3. The fourth-order valence-corrected chi connectivity index (χ4v) is 3.93. The smallest absolute Gasteiger partial charge is 0.281 e. The van der Waals surface area contributed by atoms with E-state index in [4.69, 9.17) is 5.73 Å². The Morgan fingerprint density at radius 3 is 2.71 bits per heavy atom. The van der Waals surface area contributed by atoms with Gasteiger partial charge in [0.15, 0.2) is 5.17 Å². The Balaban J connectivity index is 1.83. The normalized spacial score (nSPS) is 24.7. The zero-order valence-electron chi connectivity index (χ0n) is 15.1. The number of anilines is 1. The highest BCUT2D eigenvalue weighted by molar-refractivity contribution is 8.14. The zero-order chi connectivity index (χ0) is 20.5. The molecule has 0 radical (unpaired) electrons. The Kier molecular flexibility index (Phi) is 5.59. The maximum absolute atomic E-state index is 14.9. The molecular formula is C18H18F3N5OS. The summed E-state index contributed by atoms with van der Waals surface area (Å²) in [7, 11) is 0. The molecule has 2 aromatic rings. The highest BCUT2D eigenvalue weighted by atomic mass is 32.2. The summed E-state index contributed by atoms with van der Waals surface area (Å²) in [6.45, 7) is 3.39. The van der Waals surface area contributed by atoms with Crippen LogP contribution in [-0.4, -0.2) is 32.5 Å². The molecule has 0 saturated carbocycles. The van der Waals surface area contributed by atoms with Gasteiger partial charge in [-0.2, -0.15) is 0 Å². The molecule has 0 fully saturated rings. The van der Waals surface area contributed by atoms with E-state index in [1.54, 1.807) is 38.1 Å². The summed E-state index contributed by atoms with van der Waals surface area (Å²) in [5, 5.41) is 2.53. The van der Waals surface area contributed by atoms with Crippen LogP contribution in [0.25, 0.3) is 0 Å². The number of nitrogens with one attached hydrogen (secondary N) is 1. The van der Waals surface area contributed by atoms with Crippen molar-refractivity contribution in [3.63, 3.8) is 0 Å². The molecule has 2 heterocycles. The van der Waals surface area contributed by atoms with Gasteiger partial charge in [-0.1, -0.05) is 23.9 Å². The maximum atomic E-state index is 14.9. The van der Waals surface area contributed by atoms with Crippen LogP contribution in [0.5, 0.6) is 0 Å². The second-order valence-electron chi connectivity index (χ2n) is 6.48. The van der Waals surface area contributed by atoms with Crippen LogP contribution >= 0.6 is 11.8 Å². The van der Waals surface area contributed by atoms with E-state index in [-0.39, 0.29) is 10.9 Å². The Morgan fingerprint density at radius 1 is 1.32 bits per heavy atom. The molecule has 1 aliphatic heterocycles. The van der Waals surface area contributed by atoms with E-state index in [1.807, 2.05) is 0 Å². The van der Waals surface area contributed by atoms with Crippen LogP contribution in [-0.2, 0) is 5.54 Å². The monoisotopic (exact) mass is 409 g/mol. The van der Waals surface area contributed by atoms with Crippen LogP contribution in [0.1, 0.15) is 42.0 Å². The third-order valence-corrected chi connectivity index (χ3v) is 5.37. The highest BCUT2D eigenvalue weighted by Crippen LogP contribution is 2.41. The SMILES string of the molecule is C[C@H]1SC(N)=N[C@](C)(c2cccc(NC(=O)c3cnc(C(F)F)cn3)c2)[C@H]1F.